The van der Waals surface area contributed by atoms with E-state index >= 15 is 0 Å². The van der Waals surface area contributed by atoms with Crippen molar-refractivity contribution in [3.8, 4) is 0 Å². The molecule has 1 amide bonds. The van der Waals surface area contributed by atoms with E-state index in [0.29, 0.717) is 18.2 Å². The van der Waals surface area contributed by atoms with Gasteiger partial charge in [-0.3, -0.25) is 9.69 Å². The fourth-order valence-electron chi connectivity index (χ4n) is 4.39. The molecular weight excluding hydrogens is 338 g/mol. The molecule has 2 aliphatic rings. The molecule has 27 heavy (non-hydrogen) atoms. The van der Waals surface area contributed by atoms with Crippen molar-refractivity contribution in [1.29, 1.82) is 0 Å². The van der Waals surface area contributed by atoms with E-state index in [9.17, 15) is 4.79 Å². The minimum Gasteiger partial charge on any atom is -0.381 e. The Labute approximate surface area is 161 Å². The van der Waals surface area contributed by atoms with Crippen molar-refractivity contribution in [2.75, 3.05) is 39.4 Å². The molecule has 0 saturated carbocycles. The molecule has 1 atom stereocenters. The van der Waals surface area contributed by atoms with Gasteiger partial charge in [0, 0.05) is 71.1 Å². The normalized spacial score (nSPS) is 22.1. The summed E-state index contributed by atoms with van der Waals surface area (Å²) in [6.07, 6.45) is 6.05. The van der Waals surface area contributed by atoms with Gasteiger partial charge in [-0.1, -0.05) is 12.1 Å². The number of amides is 1. The van der Waals surface area contributed by atoms with Crippen molar-refractivity contribution in [3.05, 3.63) is 36.0 Å². The van der Waals surface area contributed by atoms with E-state index < -0.39 is 0 Å². The number of rotatable bonds is 4. The number of carbonyl (C=O) groups is 1. The summed E-state index contributed by atoms with van der Waals surface area (Å²) in [5, 5.41) is 1.29. The van der Waals surface area contributed by atoms with Gasteiger partial charge < -0.3 is 14.2 Å². The molecule has 2 aromatic rings. The number of hydrogen-bond acceptors (Lipinski definition) is 3. The number of ether oxygens (including phenoxy) is 1. The number of nitrogens with zero attached hydrogens (tertiary/aromatic N) is 3. The van der Waals surface area contributed by atoms with Gasteiger partial charge in [0.1, 0.15) is 0 Å². The first-order chi connectivity index (χ1) is 13.2. The molecule has 1 aromatic heterocycles. The van der Waals surface area contributed by atoms with Crippen molar-refractivity contribution < 1.29 is 9.53 Å². The standard InChI is InChI=1S/C22H31N3O2/c1-23-10-7-20-6-5-18(14-21(20)23)16-24-8-3-9-25(12-11-24)22(26)15-19-4-2-13-27-17-19/h5-7,10,14,19H,2-4,8-9,11-13,15-17H2,1H3. The summed E-state index contributed by atoms with van der Waals surface area (Å²) < 4.78 is 7.71. The van der Waals surface area contributed by atoms with Crippen LogP contribution in [0.2, 0.25) is 0 Å². The van der Waals surface area contributed by atoms with Gasteiger partial charge in [-0.25, -0.2) is 0 Å². The first kappa shape index (κ1) is 18.5. The van der Waals surface area contributed by atoms with Gasteiger partial charge >= 0.3 is 0 Å². The highest BCUT2D eigenvalue weighted by Crippen LogP contribution is 2.20. The van der Waals surface area contributed by atoms with E-state index in [-0.39, 0.29) is 0 Å². The van der Waals surface area contributed by atoms with E-state index in [1.54, 1.807) is 0 Å². The highest BCUT2D eigenvalue weighted by Gasteiger charge is 2.23. The molecule has 2 aliphatic heterocycles. The number of carbonyl (C=O) groups excluding carboxylic acids is 1. The van der Waals surface area contributed by atoms with Crippen LogP contribution in [-0.4, -0.2) is 59.7 Å². The minimum atomic E-state index is 0.317. The van der Waals surface area contributed by atoms with Gasteiger partial charge in [-0.15, -0.1) is 0 Å². The van der Waals surface area contributed by atoms with Crippen LogP contribution in [0.5, 0.6) is 0 Å². The van der Waals surface area contributed by atoms with Crippen LogP contribution < -0.4 is 0 Å². The lowest BCUT2D eigenvalue weighted by atomic mass is 9.98. The van der Waals surface area contributed by atoms with Gasteiger partial charge in [0.2, 0.25) is 5.91 Å². The van der Waals surface area contributed by atoms with Crippen LogP contribution in [0.4, 0.5) is 0 Å². The summed E-state index contributed by atoms with van der Waals surface area (Å²) in [5.41, 5.74) is 2.64. The second kappa shape index (κ2) is 8.44. The lowest BCUT2D eigenvalue weighted by Gasteiger charge is -2.26. The predicted molar refractivity (Wildman–Crippen MR) is 108 cm³/mol. The summed E-state index contributed by atoms with van der Waals surface area (Å²) in [6, 6.07) is 8.90. The van der Waals surface area contributed by atoms with Crippen LogP contribution in [0, 0.1) is 5.92 Å². The molecule has 5 nitrogen and oxygen atoms in total. The molecule has 0 N–H and O–H groups in total. The van der Waals surface area contributed by atoms with Gasteiger partial charge in [0.15, 0.2) is 0 Å². The molecule has 0 aliphatic carbocycles. The molecule has 0 spiro atoms. The SMILES string of the molecule is Cn1ccc2ccc(CN3CCCN(C(=O)CC4CCCOC4)CC3)cc21. The molecule has 4 rings (SSSR count). The number of aryl methyl sites for hydroxylation is 1. The van der Waals surface area contributed by atoms with E-state index in [1.807, 2.05) is 0 Å². The number of fused-ring (bicyclic) bond motifs is 1. The Hall–Kier alpha value is -1.85. The Morgan fingerprint density at radius 2 is 2.07 bits per heavy atom. The largest absolute Gasteiger partial charge is 0.381 e. The molecule has 0 radical (unpaired) electrons. The molecule has 1 aromatic carbocycles. The van der Waals surface area contributed by atoms with Gasteiger partial charge in [0.25, 0.3) is 0 Å². The first-order valence-corrected chi connectivity index (χ1v) is 10.3. The predicted octanol–water partition coefficient (Wildman–Crippen LogP) is 3.03. The second-order valence-electron chi connectivity index (χ2n) is 8.12. The first-order valence-electron chi connectivity index (χ1n) is 10.3. The van der Waals surface area contributed by atoms with Crippen LogP contribution in [0.15, 0.2) is 30.5 Å². The Balaban J connectivity index is 1.32. The number of benzene rings is 1. The van der Waals surface area contributed by atoms with Gasteiger partial charge in [0.05, 0.1) is 0 Å². The van der Waals surface area contributed by atoms with Crippen LogP contribution in [0.25, 0.3) is 10.9 Å². The summed E-state index contributed by atoms with van der Waals surface area (Å²) in [7, 11) is 2.10. The quantitative estimate of drug-likeness (QED) is 0.831. The lowest BCUT2D eigenvalue weighted by molar-refractivity contribution is -0.133. The topological polar surface area (TPSA) is 37.7 Å². The summed E-state index contributed by atoms with van der Waals surface area (Å²) in [6.45, 7) is 6.32. The van der Waals surface area contributed by atoms with Crippen LogP contribution in [0.3, 0.4) is 0 Å². The summed E-state index contributed by atoms with van der Waals surface area (Å²) >= 11 is 0. The molecule has 5 heteroatoms. The smallest absolute Gasteiger partial charge is 0.222 e. The minimum absolute atomic E-state index is 0.317. The molecular formula is C22H31N3O2. The van der Waals surface area contributed by atoms with Crippen LogP contribution in [0.1, 0.15) is 31.2 Å². The van der Waals surface area contributed by atoms with Gasteiger partial charge in [-0.05, 0) is 48.3 Å². The number of hydrogen-bond donors (Lipinski definition) is 0. The Morgan fingerprint density at radius 3 is 2.93 bits per heavy atom. The average molecular weight is 370 g/mol. The van der Waals surface area contributed by atoms with Gasteiger partial charge in [-0.2, -0.15) is 0 Å². The summed E-state index contributed by atoms with van der Waals surface area (Å²) in [5.74, 6) is 0.736. The van der Waals surface area contributed by atoms with E-state index in [2.05, 4.69) is 51.9 Å². The monoisotopic (exact) mass is 369 g/mol. The van der Waals surface area contributed by atoms with E-state index in [0.717, 1.165) is 65.2 Å². The van der Waals surface area contributed by atoms with Crippen molar-refractivity contribution >= 4 is 16.8 Å². The average Bonchev–Trinajstić information content (AvgIpc) is 2.89. The molecule has 0 bridgehead atoms. The van der Waals surface area contributed by atoms with Crippen molar-refractivity contribution in [2.24, 2.45) is 13.0 Å². The van der Waals surface area contributed by atoms with E-state index in [1.165, 1.54) is 16.5 Å². The third-order valence-electron chi connectivity index (χ3n) is 6.02. The van der Waals surface area contributed by atoms with Crippen molar-refractivity contribution in [3.63, 3.8) is 0 Å². The molecule has 146 valence electrons. The summed E-state index contributed by atoms with van der Waals surface area (Å²) in [4.78, 5) is 17.3. The zero-order valence-corrected chi connectivity index (χ0v) is 16.4. The lowest BCUT2D eigenvalue weighted by Crippen LogP contribution is -2.36. The maximum Gasteiger partial charge on any atom is 0.222 e. The molecule has 2 fully saturated rings. The van der Waals surface area contributed by atoms with Crippen molar-refractivity contribution in [2.45, 2.75) is 32.2 Å². The number of aromatic nitrogens is 1. The molecule has 2 saturated heterocycles. The maximum atomic E-state index is 12.7. The Kier molecular flexibility index (Phi) is 5.79. The second-order valence-corrected chi connectivity index (χ2v) is 8.12. The molecule has 1 unspecified atom stereocenters. The van der Waals surface area contributed by atoms with Crippen molar-refractivity contribution in [1.82, 2.24) is 14.4 Å². The highest BCUT2D eigenvalue weighted by molar-refractivity contribution is 5.80. The Bertz CT molecular complexity index is 779. The van der Waals surface area contributed by atoms with E-state index in [4.69, 9.17) is 4.74 Å². The van der Waals surface area contributed by atoms with Crippen LogP contribution >= 0.6 is 0 Å². The molecule has 3 heterocycles. The fraction of sp³-hybridized carbons (Fsp3) is 0.591. The zero-order valence-electron chi connectivity index (χ0n) is 16.4. The third kappa shape index (κ3) is 4.53. The van der Waals surface area contributed by atoms with Crippen LogP contribution in [-0.2, 0) is 23.1 Å². The third-order valence-corrected chi connectivity index (χ3v) is 6.02. The fourth-order valence-corrected chi connectivity index (χ4v) is 4.39. The highest BCUT2D eigenvalue weighted by atomic mass is 16.5. The maximum absolute atomic E-state index is 12.7. The zero-order chi connectivity index (χ0) is 18.6. The Morgan fingerprint density at radius 1 is 1.15 bits per heavy atom.